The lowest BCUT2D eigenvalue weighted by molar-refractivity contribution is -0.132. The van der Waals surface area contributed by atoms with E-state index in [9.17, 15) is 24.3 Å². The average molecular weight is 623 g/mol. The molecule has 0 aliphatic heterocycles. The molecule has 0 fully saturated rings. The lowest BCUT2D eigenvalue weighted by Gasteiger charge is -2.29. The van der Waals surface area contributed by atoms with E-state index in [1.165, 1.54) is 0 Å². The van der Waals surface area contributed by atoms with Crippen molar-refractivity contribution in [1.82, 2.24) is 20.9 Å². The van der Waals surface area contributed by atoms with Crippen molar-refractivity contribution in [1.29, 1.82) is 0 Å². The topological polar surface area (TPSA) is 128 Å². The fourth-order valence-corrected chi connectivity index (χ4v) is 5.08. The minimum absolute atomic E-state index is 0.0998. The molecule has 0 heterocycles. The van der Waals surface area contributed by atoms with E-state index in [4.69, 9.17) is 0 Å². The molecule has 248 valence electrons. The molecule has 9 nitrogen and oxygen atoms in total. The lowest BCUT2D eigenvalue weighted by atomic mass is 9.91. The van der Waals surface area contributed by atoms with Gasteiger partial charge in [-0.2, -0.15) is 0 Å². The summed E-state index contributed by atoms with van der Waals surface area (Å²) >= 11 is 0. The van der Waals surface area contributed by atoms with Gasteiger partial charge < -0.3 is 26.0 Å². The first-order valence-corrected chi connectivity index (χ1v) is 16.1. The Balaban J connectivity index is 2.11. The zero-order valence-corrected chi connectivity index (χ0v) is 28.5. The highest BCUT2D eigenvalue weighted by Crippen LogP contribution is 2.22. The first kappa shape index (κ1) is 37.5. The molecule has 0 aliphatic carbocycles. The molecule has 2 aromatic rings. The maximum Gasteiger partial charge on any atom is 0.254 e. The van der Waals surface area contributed by atoms with E-state index in [-0.39, 0.29) is 47.9 Å². The number of nitrogens with one attached hydrogen (secondary N) is 3. The largest absolute Gasteiger partial charge is 0.391 e. The van der Waals surface area contributed by atoms with E-state index in [0.717, 1.165) is 5.56 Å². The molecule has 0 aromatic heterocycles. The van der Waals surface area contributed by atoms with Crippen LogP contribution in [0.2, 0.25) is 0 Å². The smallest absolute Gasteiger partial charge is 0.254 e. The van der Waals surface area contributed by atoms with Crippen LogP contribution in [0, 0.1) is 23.7 Å². The van der Waals surface area contributed by atoms with Crippen LogP contribution >= 0.6 is 0 Å². The van der Waals surface area contributed by atoms with E-state index in [0.29, 0.717) is 24.1 Å². The van der Waals surface area contributed by atoms with Crippen molar-refractivity contribution < 1.29 is 24.3 Å². The van der Waals surface area contributed by atoms with E-state index in [1.54, 1.807) is 43.1 Å². The molecule has 5 unspecified atom stereocenters. The Morgan fingerprint density at radius 2 is 1.38 bits per heavy atom. The number of hydrogen-bond donors (Lipinski definition) is 4. The van der Waals surface area contributed by atoms with Gasteiger partial charge in [0.05, 0.1) is 18.2 Å². The molecule has 45 heavy (non-hydrogen) atoms. The molecular weight excluding hydrogens is 568 g/mol. The predicted octanol–water partition coefficient (Wildman–Crippen LogP) is 4.96. The van der Waals surface area contributed by atoms with Gasteiger partial charge in [0.15, 0.2) is 0 Å². The predicted molar refractivity (Wildman–Crippen MR) is 179 cm³/mol. The van der Waals surface area contributed by atoms with Crippen molar-refractivity contribution in [3.05, 3.63) is 71.3 Å². The molecule has 0 saturated carbocycles. The number of rotatable bonds is 16. The van der Waals surface area contributed by atoms with E-state index < -0.39 is 30.0 Å². The van der Waals surface area contributed by atoms with Crippen LogP contribution < -0.4 is 16.0 Å². The molecule has 0 bridgehead atoms. The molecule has 2 aromatic carbocycles. The lowest BCUT2D eigenvalue weighted by Crippen LogP contribution is -2.52. The Morgan fingerprint density at radius 1 is 0.756 bits per heavy atom. The normalized spacial score (nSPS) is 14.8. The highest BCUT2D eigenvalue weighted by molar-refractivity contribution is 5.99. The molecule has 4 amide bonds. The minimum atomic E-state index is -1.01. The summed E-state index contributed by atoms with van der Waals surface area (Å²) in [7, 11) is 1.74. The molecule has 5 atom stereocenters. The van der Waals surface area contributed by atoms with Gasteiger partial charge in [-0.3, -0.25) is 19.2 Å². The monoisotopic (exact) mass is 622 g/mol. The number of benzene rings is 2. The number of amides is 4. The third kappa shape index (κ3) is 11.6. The zero-order chi connectivity index (χ0) is 33.8. The Hall–Kier alpha value is -3.72. The number of hydrogen-bond acceptors (Lipinski definition) is 5. The first-order chi connectivity index (χ1) is 21.1. The maximum absolute atomic E-state index is 13.4. The van der Waals surface area contributed by atoms with Crippen molar-refractivity contribution in [2.24, 2.45) is 23.7 Å². The summed E-state index contributed by atoms with van der Waals surface area (Å²) < 4.78 is 0. The first-order valence-electron chi connectivity index (χ1n) is 16.1. The summed E-state index contributed by atoms with van der Waals surface area (Å²) in [6.07, 6.45) is -0.418. The van der Waals surface area contributed by atoms with Crippen LogP contribution in [0.5, 0.6) is 0 Å². The summed E-state index contributed by atoms with van der Waals surface area (Å²) in [5.41, 5.74) is 1.70. The van der Waals surface area contributed by atoms with Crippen LogP contribution in [-0.2, 0) is 9.59 Å². The van der Waals surface area contributed by atoms with Crippen LogP contribution in [0.15, 0.2) is 54.6 Å². The van der Waals surface area contributed by atoms with E-state index in [1.807, 2.05) is 78.8 Å². The molecule has 2 rings (SSSR count). The van der Waals surface area contributed by atoms with Gasteiger partial charge in [-0.1, -0.05) is 84.9 Å². The minimum Gasteiger partial charge on any atom is -0.391 e. The third-order valence-corrected chi connectivity index (χ3v) is 8.04. The Kier molecular flexibility index (Phi) is 14.7. The van der Waals surface area contributed by atoms with E-state index in [2.05, 4.69) is 16.0 Å². The van der Waals surface area contributed by atoms with Gasteiger partial charge >= 0.3 is 0 Å². The second-order valence-corrected chi connectivity index (χ2v) is 13.4. The van der Waals surface area contributed by atoms with Crippen LogP contribution in [0.25, 0.3) is 0 Å². The molecular formula is C36H54N4O5. The second kappa shape index (κ2) is 17.7. The van der Waals surface area contributed by atoms with Crippen molar-refractivity contribution in [3.63, 3.8) is 0 Å². The number of nitrogens with zero attached hydrogens (tertiary/aromatic N) is 1. The highest BCUT2D eigenvalue weighted by atomic mass is 16.3. The second-order valence-electron chi connectivity index (χ2n) is 13.4. The van der Waals surface area contributed by atoms with Crippen molar-refractivity contribution >= 4 is 23.6 Å². The Labute approximate surface area is 269 Å². The van der Waals surface area contributed by atoms with Crippen LogP contribution in [0.3, 0.4) is 0 Å². The summed E-state index contributed by atoms with van der Waals surface area (Å²) in [6.45, 7) is 15.9. The van der Waals surface area contributed by atoms with Crippen molar-refractivity contribution in [3.8, 4) is 0 Å². The number of carbonyl (C=O) groups excluding carboxylic acids is 4. The van der Waals surface area contributed by atoms with Gasteiger partial charge in [-0.05, 0) is 61.3 Å². The van der Waals surface area contributed by atoms with Gasteiger partial charge in [-0.15, -0.1) is 0 Å². The highest BCUT2D eigenvalue weighted by Gasteiger charge is 2.30. The molecule has 0 radical (unpaired) electrons. The molecule has 0 spiro atoms. The van der Waals surface area contributed by atoms with Gasteiger partial charge in [0.2, 0.25) is 11.8 Å². The van der Waals surface area contributed by atoms with Crippen LogP contribution in [0.1, 0.15) is 101 Å². The molecule has 9 heteroatoms. The SMILES string of the molecule is CC(C)CNC(=O)C(NC(=O)C(C)CC(O)C(CC(C)C)NC(=O)c1cccc(C(=O)N(C)C(C)c2ccccc2)c1)C(C)C. The van der Waals surface area contributed by atoms with Crippen molar-refractivity contribution in [2.45, 2.75) is 92.5 Å². The fraction of sp³-hybridized carbons (Fsp3) is 0.556. The van der Waals surface area contributed by atoms with Crippen molar-refractivity contribution in [2.75, 3.05) is 13.6 Å². The zero-order valence-electron chi connectivity index (χ0n) is 28.5. The third-order valence-electron chi connectivity index (χ3n) is 8.04. The van der Waals surface area contributed by atoms with Crippen LogP contribution in [-0.4, -0.2) is 65.4 Å². The van der Waals surface area contributed by atoms with Gasteiger partial charge in [-0.25, -0.2) is 0 Å². The van der Waals surface area contributed by atoms with Gasteiger partial charge in [0.25, 0.3) is 11.8 Å². The average Bonchev–Trinajstić information content (AvgIpc) is 3.00. The molecule has 4 N–H and O–H groups in total. The number of aliphatic hydroxyl groups is 1. The molecule has 0 saturated heterocycles. The Morgan fingerprint density at radius 3 is 1.96 bits per heavy atom. The summed E-state index contributed by atoms with van der Waals surface area (Å²) in [6, 6.07) is 14.8. The number of aliphatic hydroxyl groups excluding tert-OH is 1. The summed E-state index contributed by atoms with van der Waals surface area (Å²) in [4.78, 5) is 54.2. The van der Waals surface area contributed by atoms with E-state index >= 15 is 0 Å². The quantitative estimate of drug-likeness (QED) is 0.210. The summed E-state index contributed by atoms with van der Waals surface area (Å²) in [5, 5.41) is 19.9. The van der Waals surface area contributed by atoms with Crippen LogP contribution in [0.4, 0.5) is 0 Å². The maximum atomic E-state index is 13.4. The fourth-order valence-electron chi connectivity index (χ4n) is 5.08. The number of carbonyl (C=O) groups is 4. The van der Waals surface area contributed by atoms with Gasteiger partial charge in [0.1, 0.15) is 6.04 Å². The standard InChI is InChI=1S/C36H54N4O5/c1-22(2)18-30(31(41)19-25(7)33(42)39-32(24(5)6)35(44)37-21-23(3)4)38-34(43)28-16-13-17-29(20-28)36(45)40(9)26(8)27-14-11-10-12-15-27/h10-17,20,22-26,30-32,41H,18-19,21H2,1-9H3,(H,37,44)(H,38,43)(H,39,42). The van der Waals surface area contributed by atoms with Gasteiger partial charge in [0, 0.05) is 30.6 Å². The summed E-state index contributed by atoms with van der Waals surface area (Å²) in [5.74, 6) is -1.46. The molecule has 0 aliphatic rings. The Bertz CT molecular complexity index is 1260.